The van der Waals surface area contributed by atoms with Crippen molar-refractivity contribution in [1.82, 2.24) is 4.37 Å². The summed E-state index contributed by atoms with van der Waals surface area (Å²) in [5, 5.41) is 2.78. The summed E-state index contributed by atoms with van der Waals surface area (Å²) in [7, 11) is 0. The Morgan fingerprint density at radius 3 is 3.08 bits per heavy atom. The Hall–Kier alpha value is -0.420. The first kappa shape index (κ1) is 9.67. The van der Waals surface area contributed by atoms with Crippen LogP contribution in [0.4, 0.5) is 8.78 Å². The Morgan fingerprint density at radius 1 is 1.67 bits per heavy atom. The number of hydrogen-bond acceptors (Lipinski definition) is 3. The lowest BCUT2D eigenvalue weighted by Gasteiger charge is -1.91. The van der Waals surface area contributed by atoms with E-state index in [4.69, 9.17) is 0 Å². The van der Waals surface area contributed by atoms with Gasteiger partial charge < -0.3 is 0 Å². The minimum atomic E-state index is -1.60. The molecule has 5 heteroatoms. The SMILES string of the molecule is FC(F)=CCCSc1ccsn1. The standard InChI is InChI=1S/C7H7F2NS2/c8-6(9)2-1-4-11-7-3-5-12-10-7/h2-3,5H,1,4H2. The summed E-state index contributed by atoms with van der Waals surface area (Å²) in [5.41, 5.74) is 0. The number of nitrogens with zero attached hydrogens (tertiary/aromatic N) is 1. The van der Waals surface area contributed by atoms with Crippen molar-refractivity contribution in [2.45, 2.75) is 11.4 Å². The van der Waals surface area contributed by atoms with Gasteiger partial charge in [-0.3, -0.25) is 0 Å². The largest absolute Gasteiger partial charge is 0.266 e. The first-order chi connectivity index (χ1) is 5.79. The minimum Gasteiger partial charge on any atom is -0.186 e. The van der Waals surface area contributed by atoms with E-state index >= 15 is 0 Å². The molecule has 0 amide bonds. The van der Waals surface area contributed by atoms with E-state index in [0.717, 1.165) is 11.1 Å². The summed E-state index contributed by atoms with van der Waals surface area (Å²) in [6.45, 7) is 0. The fraction of sp³-hybridized carbons (Fsp3) is 0.286. The van der Waals surface area contributed by atoms with E-state index in [1.807, 2.05) is 11.4 Å². The molecule has 0 bridgehead atoms. The van der Waals surface area contributed by atoms with Crippen molar-refractivity contribution >= 4 is 23.3 Å². The van der Waals surface area contributed by atoms with Gasteiger partial charge in [-0.25, -0.2) is 0 Å². The molecule has 1 rings (SSSR count). The quantitative estimate of drug-likeness (QED) is 0.554. The first-order valence-corrected chi connectivity index (χ1v) is 5.15. The Kier molecular flexibility index (Phi) is 4.24. The smallest absolute Gasteiger partial charge is 0.186 e. The zero-order chi connectivity index (χ0) is 8.81. The summed E-state index contributed by atoms with van der Waals surface area (Å²) in [6, 6.07) is 1.88. The molecule has 12 heavy (non-hydrogen) atoms. The van der Waals surface area contributed by atoms with Crippen molar-refractivity contribution in [2.24, 2.45) is 0 Å². The lowest BCUT2D eigenvalue weighted by Crippen LogP contribution is -1.76. The number of halogens is 2. The molecule has 0 aliphatic heterocycles. The Bertz CT molecular complexity index is 242. The van der Waals surface area contributed by atoms with Gasteiger partial charge in [-0.15, -0.1) is 11.8 Å². The maximum absolute atomic E-state index is 11.5. The molecule has 0 aromatic carbocycles. The van der Waals surface area contributed by atoms with E-state index in [0.29, 0.717) is 12.2 Å². The van der Waals surface area contributed by atoms with Crippen LogP contribution in [0.2, 0.25) is 0 Å². The third kappa shape index (κ3) is 3.82. The third-order valence-corrected chi connectivity index (χ3v) is 2.72. The van der Waals surface area contributed by atoms with Crippen LogP contribution in [0.15, 0.2) is 28.6 Å². The van der Waals surface area contributed by atoms with Crippen molar-refractivity contribution in [3.63, 3.8) is 0 Å². The van der Waals surface area contributed by atoms with Crippen molar-refractivity contribution < 1.29 is 8.78 Å². The summed E-state index contributed by atoms with van der Waals surface area (Å²) in [4.78, 5) is 0. The fourth-order valence-electron chi connectivity index (χ4n) is 0.607. The molecule has 0 spiro atoms. The van der Waals surface area contributed by atoms with Gasteiger partial charge in [0.25, 0.3) is 6.08 Å². The van der Waals surface area contributed by atoms with Gasteiger partial charge in [0.1, 0.15) is 5.03 Å². The van der Waals surface area contributed by atoms with Gasteiger partial charge in [0.15, 0.2) is 0 Å². The van der Waals surface area contributed by atoms with Gasteiger partial charge in [-0.05, 0) is 30.1 Å². The summed E-state index contributed by atoms with van der Waals surface area (Å²) < 4.78 is 27.1. The van der Waals surface area contributed by atoms with Crippen LogP contribution in [-0.4, -0.2) is 10.1 Å². The van der Waals surface area contributed by atoms with Crippen LogP contribution >= 0.6 is 23.3 Å². The molecule has 66 valence electrons. The highest BCUT2D eigenvalue weighted by Gasteiger charge is 1.94. The van der Waals surface area contributed by atoms with Gasteiger partial charge in [0, 0.05) is 11.1 Å². The molecule has 0 N–H and O–H groups in total. The first-order valence-electron chi connectivity index (χ1n) is 3.33. The van der Waals surface area contributed by atoms with E-state index in [1.165, 1.54) is 23.3 Å². The molecule has 0 saturated heterocycles. The molecule has 0 unspecified atom stereocenters. The number of allylic oxidation sites excluding steroid dienone is 1. The second kappa shape index (κ2) is 5.27. The van der Waals surface area contributed by atoms with Crippen molar-refractivity contribution in [2.75, 3.05) is 5.75 Å². The molecule has 0 saturated carbocycles. The molecule has 1 aromatic heterocycles. The van der Waals surface area contributed by atoms with Gasteiger partial charge in [0.05, 0.1) is 0 Å². The second-order valence-corrected chi connectivity index (χ2v) is 3.75. The molecule has 0 aliphatic rings. The van der Waals surface area contributed by atoms with E-state index in [-0.39, 0.29) is 0 Å². The monoisotopic (exact) mass is 207 g/mol. The predicted molar refractivity (Wildman–Crippen MR) is 47.8 cm³/mol. The van der Waals surface area contributed by atoms with Crippen molar-refractivity contribution in [3.8, 4) is 0 Å². The third-order valence-electron chi connectivity index (χ3n) is 1.08. The van der Waals surface area contributed by atoms with Gasteiger partial charge >= 0.3 is 0 Å². The van der Waals surface area contributed by atoms with Crippen LogP contribution in [0, 0.1) is 0 Å². The summed E-state index contributed by atoms with van der Waals surface area (Å²) in [5.74, 6) is 0.654. The molecule has 1 nitrogen and oxygen atoms in total. The molecule has 1 heterocycles. The number of thioether (sulfide) groups is 1. The fourth-order valence-corrected chi connectivity index (χ4v) is 2.06. The Balaban J connectivity index is 2.16. The predicted octanol–water partition coefficient (Wildman–Crippen LogP) is 3.41. The number of rotatable bonds is 4. The van der Waals surface area contributed by atoms with Gasteiger partial charge in [0.2, 0.25) is 0 Å². The molecule has 0 radical (unpaired) electrons. The maximum atomic E-state index is 11.5. The molecular formula is C7H7F2NS2. The van der Waals surface area contributed by atoms with Crippen molar-refractivity contribution in [1.29, 1.82) is 0 Å². The maximum Gasteiger partial charge on any atom is 0.266 e. The van der Waals surface area contributed by atoms with Gasteiger partial charge in [-0.2, -0.15) is 13.2 Å². The zero-order valence-corrected chi connectivity index (χ0v) is 7.80. The molecule has 0 fully saturated rings. The lowest BCUT2D eigenvalue weighted by molar-refractivity contribution is 0.418. The van der Waals surface area contributed by atoms with E-state index in [2.05, 4.69) is 4.37 Å². The lowest BCUT2D eigenvalue weighted by atomic mass is 10.5. The average Bonchev–Trinajstić information content (AvgIpc) is 2.49. The zero-order valence-electron chi connectivity index (χ0n) is 6.17. The highest BCUT2D eigenvalue weighted by molar-refractivity contribution is 7.99. The summed E-state index contributed by atoms with van der Waals surface area (Å²) in [6.07, 6.45) is -0.280. The molecule has 0 aliphatic carbocycles. The van der Waals surface area contributed by atoms with Crippen LogP contribution in [0.3, 0.4) is 0 Å². The van der Waals surface area contributed by atoms with Crippen LogP contribution in [0.1, 0.15) is 6.42 Å². The highest BCUT2D eigenvalue weighted by Crippen LogP contribution is 2.18. The van der Waals surface area contributed by atoms with Crippen LogP contribution in [0.5, 0.6) is 0 Å². The summed E-state index contributed by atoms with van der Waals surface area (Å²) >= 11 is 2.86. The van der Waals surface area contributed by atoms with E-state index < -0.39 is 6.08 Å². The van der Waals surface area contributed by atoms with Gasteiger partial charge in [-0.1, -0.05) is 0 Å². The van der Waals surface area contributed by atoms with E-state index in [1.54, 1.807) is 0 Å². The molecule has 0 atom stereocenters. The van der Waals surface area contributed by atoms with Crippen molar-refractivity contribution in [3.05, 3.63) is 23.6 Å². The normalized spacial score (nSPS) is 9.83. The van der Waals surface area contributed by atoms with Crippen LogP contribution < -0.4 is 0 Å². The average molecular weight is 207 g/mol. The molecular weight excluding hydrogens is 200 g/mol. The highest BCUT2D eigenvalue weighted by atomic mass is 32.2. The Labute approximate surface area is 77.7 Å². The number of aromatic nitrogens is 1. The van der Waals surface area contributed by atoms with Crippen LogP contribution in [0.25, 0.3) is 0 Å². The Morgan fingerprint density at radius 2 is 2.50 bits per heavy atom. The van der Waals surface area contributed by atoms with Crippen LogP contribution in [-0.2, 0) is 0 Å². The topological polar surface area (TPSA) is 12.9 Å². The second-order valence-electron chi connectivity index (χ2n) is 1.97. The molecule has 1 aromatic rings. The minimum absolute atomic E-state index is 0.393. The number of hydrogen-bond donors (Lipinski definition) is 0. The van der Waals surface area contributed by atoms with E-state index in [9.17, 15) is 8.78 Å².